The molecule has 0 atom stereocenters. The number of carbonyl (C=O) groups is 1. The molecule has 3 N–H and O–H groups in total. The molecule has 2 amide bonds. The summed E-state index contributed by atoms with van der Waals surface area (Å²) in [7, 11) is 0. The van der Waals surface area contributed by atoms with Gasteiger partial charge in [0, 0.05) is 29.8 Å². The molecular weight excluding hydrogens is 392 g/mol. The molecule has 8 heteroatoms. The van der Waals surface area contributed by atoms with Gasteiger partial charge in [-0.15, -0.1) is 0 Å². The first kappa shape index (κ1) is 22.3. The highest BCUT2D eigenvalue weighted by Gasteiger charge is 2.22. The number of urea groups is 1. The lowest BCUT2D eigenvalue weighted by Crippen LogP contribution is -2.31. The van der Waals surface area contributed by atoms with Crippen LogP contribution in [0.15, 0.2) is 47.3 Å². The Bertz CT molecular complexity index is 1080. The SMILES string of the molecule is CCc1cc(=O)[nH]c(-n2nc(C(C)(C)C)cc2NC(=O)NCCCc2ccccc2)n1. The third kappa shape index (κ3) is 6.04. The van der Waals surface area contributed by atoms with Gasteiger partial charge in [-0.1, -0.05) is 58.0 Å². The predicted octanol–water partition coefficient (Wildman–Crippen LogP) is 3.57. The average molecular weight is 423 g/mol. The number of aryl methyl sites for hydroxylation is 2. The van der Waals surface area contributed by atoms with Crippen LogP contribution < -0.4 is 16.2 Å². The van der Waals surface area contributed by atoms with Gasteiger partial charge < -0.3 is 5.32 Å². The molecule has 0 spiro atoms. The van der Waals surface area contributed by atoms with Gasteiger partial charge in [0.15, 0.2) is 0 Å². The zero-order valence-corrected chi connectivity index (χ0v) is 18.5. The number of aromatic amines is 1. The molecule has 0 saturated carbocycles. The summed E-state index contributed by atoms with van der Waals surface area (Å²) in [6.07, 6.45) is 2.34. The van der Waals surface area contributed by atoms with Crippen LogP contribution in [0.5, 0.6) is 0 Å². The van der Waals surface area contributed by atoms with Crippen LogP contribution in [0.25, 0.3) is 5.95 Å². The number of hydrogen-bond acceptors (Lipinski definition) is 4. The number of aromatic nitrogens is 4. The van der Waals surface area contributed by atoms with Gasteiger partial charge in [-0.25, -0.2) is 9.78 Å². The molecule has 0 fully saturated rings. The van der Waals surface area contributed by atoms with E-state index in [0.717, 1.165) is 18.5 Å². The quantitative estimate of drug-likeness (QED) is 0.506. The van der Waals surface area contributed by atoms with E-state index in [-0.39, 0.29) is 23.0 Å². The van der Waals surface area contributed by atoms with Crippen LogP contribution in [0.4, 0.5) is 10.6 Å². The fourth-order valence-electron chi connectivity index (χ4n) is 3.07. The monoisotopic (exact) mass is 422 g/mol. The summed E-state index contributed by atoms with van der Waals surface area (Å²) in [6, 6.07) is 13.1. The minimum Gasteiger partial charge on any atom is -0.338 e. The Labute approximate surface area is 182 Å². The smallest absolute Gasteiger partial charge is 0.320 e. The summed E-state index contributed by atoms with van der Waals surface area (Å²) < 4.78 is 1.48. The van der Waals surface area contributed by atoms with E-state index in [0.29, 0.717) is 24.5 Å². The van der Waals surface area contributed by atoms with Crippen molar-refractivity contribution in [2.24, 2.45) is 0 Å². The minimum atomic E-state index is -0.330. The average Bonchev–Trinajstić information content (AvgIpc) is 3.16. The van der Waals surface area contributed by atoms with E-state index in [1.165, 1.54) is 16.3 Å². The predicted molar refractivity (Wildman–Crippen MR) is 122 cm³/mol. The zero-order valence-electron chi connectivity index (χ0n) is 18.5. The van der Waals surface area contributed by atoms with Crippen molar-refractivity contribution in [1.29, 1.82) is 0 Å². The van der Waals surface area contributed by atoms with Crippen molar-refractivity contribution in [3.8, 4) is 5.95 Å². The molecule has 2 aromatic heterocycles. The number of H-pyrrole nitrogens is 1. The first-order valence-corrected chi connectivity index (χ1v) is 10.6. The Morgan fingerprint density at radius 1 is 1.16 bits per heavy atom. The second kappa shape index (κ2) is 9.59. The zero-order chi connectivity index (χ0) is 22.4. The van der Waals surface area contributed by atoms with Crippen LogP contribution in [-0.4, -0.2) is 32.3 Å². The highest BCUT2D eigenvalue weighted by atomic mass is 16.2. The lowest BCUT2D eigenvalue weighted by atomic mass is 9.92. The molecule has 1 aromatic carbocycles. The van der Waals surface area contributed by atoms with E-state index < -0.39 is 0 Å². The number of nitrogens with zero attached hydrogens (tertiary/aromatic N) is 3. The Morgan fingerprint density at radius 2 is 1.90 bits per heavy atom. The van der Waals surface area contributed by atoms with Crippen molar-refractivity contribution >= 4 is 11.8 Å². The van der Waals surface area contributed by atoms with Crippen LogP contribution in [0, 0.1) is 0 Å². The van der Waals surface area contributed by atoms with Gasteiger partial charge in [0.1, 0.15) is 5.82 Å². The highest BCUT2D eigenvalue weighted by Crippen LogP contribution is 2.25. The summed E-state index contributed by atoms with van der Waals surface area (Å²) in [5, 5.41) is 10.3. The van der Waals surface area contributed by atoms with Gasteiger partial charge >= 0.3 is 6.03 Å². The van der Waals surface area contributed by atoms with Crippen LogP contribution in [0.3, 0.4) is 0 Å². The number of nitrogens with one attached hydrogen (secondary N) is 3. The highest BCUT2D eigenvalue weighted by molar-refractivity contribution is 5.88. The Hall–Kier alpha value is -3.42. The van der Waals surface area contributed by atoms with E-state index in [1.54, 1.807) is 0 Å². The Kier molecular flexibility index (Phi) is 6.89. The van der Waals surface area contributed by atoms with Crippen molar-refractivity contribution in [3.05, 3.63) is 69.8 Å². The largest absolute Gasteiger partial charge is 0.338 e. The molecule has 0 aliphatic rings. The molecule has 3 aromatic rings. The first-order chi connectivity index (χ1) is 14.8. The van der Waals surface area contributed by atoms with Crippen molar-refractivity contribution < 1.29 is 4.79 Å². The summed E-state index contributed by atoms with van der Waals surface area (Å²) in [5.41, 5.74) is 2.17. The summed E-state index contributed by atoms with van der Waals surface area (Å²) >= 11 is 0. The molecule has 164 valence electrons. The normalized spacial score (nSPS) is 11.4. The number of amides is 2. The fraction of sp³-hybridized carbons (Fsp3) is 0.391. The van der Waals surface area contributed by atoms with Gasteiger partial charge in [-0.05, 0) is 24.8 Å². The standard InChI is InChI=1S/C23H30N6O2/c1-5-17-14-20(30)27-21(25-17)29-19(15-18(28-29)23(2,3)4)26-22(31)24-13-9-12-16-10-7-6-8-11-16/h6-8,10-11,14-15H,5,9,12-13H2,1-4H3,(H2,24,26,31)(H,25,27,30). The molecular formula is C23H30N6O2. The van der Waals surface area contributed by atoms with Gasteiger partial charge in [0.25, 0.3) is 5.56 Å². The van der Waals surface area contributed by atoms with Gasteiger partial charge in [0.2, 0.25) is 5.95 Å². The molecule has 0 aliphatic heterocycles. The molecule has 0 bridgehead atoms. The number of benzene rings is 1. The summed E-state index contributed by atoms with van der Waals surface area (Å²) in [6.45, 7) is 8.57. The Morgan fingerprint density at radius 3 is 2.58 bits per heavy atom. The minimum absolute atomic E-state index is 0.240. The topological polar surface area (TPSA) is 105 Å². The molecule has 2 heterocycles. The molecule has 0 radical (unpaired) electrons. The van der Waals surface area contributed by atoms with E-state index in [4.69, 9.17) is 0 Å². The van der Waals surface area contributed by atoms with Crippen LogP contribution in [-0.2, 0) is 18.3 Å². The lowest BCUT2D eigenvalue weighted by Gasteiger charge is -2.13. The number of anilines is 1. The van der Waals surface area contributed by atoms with Crippen LogP contribution in [0.2, 0.25) is 0 Å². The van der Waals surface area contributed by atoms with Crippen molar-refractivity contribution in [3.63, 3.8) is 0 Å². The van der Waals surface area contributed by atoms with Crippen molar-refractivity contribution in [2.75, 3.05) is 11.9 Å². The van der Waals surface area contributed by atoms with Gasteiger partial charge in [0.05, 0.1) is 5.69 Å². The number of hydrogen-bond donors (Lipinski definition) is 3. The number of rotatable bonds is 7. The maximum Gasteiger partial charge on any atom is 0.320 e. The van der Waals surface area contributed by atoms with Crippen LogP contribution in [0.1, 0.15) is 51.1 Å². The van der Waals surface area contributed by atoms with E-state index in [9.17, 15) is 9.59 Å². The molecule has 3 rings (SSSR count). The molecule has 0 aliphatic carbocycles. The van der Waals surface area contributed by atoms with Gasteiger partial charge in [-0.2, -0.15) is 9.78 Å². The molecule has 0 unspecified atom stereocenters. The maximum absolute atomic E-state index is 12.5. The third-order valence-corrected chi connectivity index (χ3v) is 4.84. The van der Waals surface area contributed by atoms with E-state index in [1.807, 2.05) is 52.0 Å². The lowest BCUT2D eigenvalue weighted by molar-refractivity contribution is 0.252. The summed E-state index contributed by atoms with van der Waals surface area (Å²) in [5.74, 6) is 0.723. The fourth-order valence-corrected chi connectivity index (χ4v) is 3.07. The van der Waals surface area contributed by atoms with Crippen molar-refractivity contribution in [1.82, 2.24) is 25.1 Å². The molecule has 31 heavy (non-hydrogen) atoms. The van der Waals surface area contributed by atoms with Crippen LogP contribution >= 0.6 is 0 Å². The third-order valence-electron chi connectivity index (χ3n) is 4.84. The first-order valence-electron chi connectivity index (χ1n) is 10.6. The Balaban J connectivity index is 1.73. The van der Waals surface area contributed by atoms with E-state index >= 15 is 0 Å². The second-order valence-corrected chi connectivity index (χ2v) is 8.46. The molecule has 8 nitrogen and oxygen atoms in total. The maximum atomic E-state index is 12.5. The second-order valence-electron chi connectivity index (χ2n) is 8.46. The van der Waals surface area contributed by atoms with E-state index in [2.05, 4.69) is 37.8 Å². The summed E-state index contributed by atoms with van der Waals surface area (Å²) in [4.78, 5) is 31.7. The number of carbonyl (C=O) groups excluding carboxylic acids is 1. The van der Waals surface area contributed by atoms with Crippen molar-refractivity contribution in [2.45, 2.75) is 52.4 Å². The molecule has 0 saturated heterocycles. The van der Waals surface area contributed by atoms with Gasteiger partial charge in [-0.3, -0.25) is 15.1 Å².